The quantitative estimate of drug-likeness (QED) is 0.841. The van der Waals surface area contributed by atoms with Gasteiger partial charge < -0.3 is 9.73 Å². The standard InChI is InChI=1S/C14H17NO/c1-11(13-6-4-3-5-7-13)15-12(2)14-8-9-16-10-14/h3-12,15H,1-2H3/t11-,12?/m0/s1. The second-order valence-corrected chi connectivity index (χ2v) is 4.08. The third-order valence-corrected chi connectivity index (χ3v) is 2.84. The molecule has 2 rings (SSSR count). The highest BCUT2D eigenvalue weighted by atomic mass is 16.3. The predicted octanol–water partition coefficient (Wildman–Crippen LogP) is 3.69. The molecule has 2 heteroatoms. The molecule has 2 nitrogen and oxygen atoms in total. The Kier molecular flexibility index (Phi) is 3.42. The molecule has 0 spiro atoms. The zero-order chi connectivity index (χ0) is 11.4. The van der Waals surface area contributed by atoms with E-state index in [1.54, 1.807) is 12.5 Å². The zero-order valence-corrected chi connectivity index (χ0v) is 9.68. The maximum absolute atomic E-state index is 5.08. The third-order valence-electron chi connectivity index (χ3n) is 2.84. The molecular weight excluding hydrogens is 198 g/mol. The van der Waals surface area contributed by atoms with Gasteiger partial charge in [-0.15, -0.1) is 0 Å². The fraction of sp³-hybridized carbons (Fsp3) is 0.286. The van der Waals surface area contributed by atoms with E-state index in [1.165, 1.54) is 11.1 Å². The molecular formula is C14H17NO. The zero-order valence-electron chi connectivity index (χ0n) is 9.68. The predicted molar refractivity (Wildman–Crippen MR) is 65.1 cm³/mol. The molecule has 1 heterocycles. The van der Waals surface area contributed by atoms with Gasteiger partial charge in [0.2, 0.25) is 0 Å². The number of benzene rings is 1. The molecule has 0 radical (unpaired) electrons. The van der Waals surface area contributed by atoms with Crippen molar-refractivity contribution in [3.8, 4) is 0 Å². The fourth-order valence-electron chi connectivity index (χ4n) is 1.83. The number of nitrogens with one attached hydrogen (secondary N) is 1. The van der Waals surface area contributed by atoms with Crippen molar-refractivity contribution in [2.24, 2.45) is 0 Å². The van der Waals surface area contributed by atoms with E-state index >= 15 is 0 Å². The van der Waals surface area contributed by atoms with E-state index < -0.39 is 0 Å². The summed E-state index contributed by atoms with van der Waals surface area (Å²) in [4.78, 5) is 0. The summed E-state index contributed by atoms with van der Waals surface area (Å²) in [5.41, 5.74) is 2.49. The molecule has 1 unspecified atom stereocenters. The molecule has 1 N–H and O–H groups in total. The topological polar surface area (TPSA) is 25.2 Å². The summed E-state index contributed by atoms with van der Waals surface area (Å²) in [5.74, 6) is 0. The van der Waals surface area contributed by atoms with E-state index in [2.05, 4.69) is 43.4 Å². The van der Waals surface area contributed by atoms with Crippen LogP contribution in [0.4, 0.5) is 0 Å². The molecule has 1 aromatic heterocycles. The van der Waals surface area contributed by atoms with E-state index in [-0.39, 0.29) is 0 Å². The van der Waals surface area contributed by atoms with Crippen molar-refractivity contribution in [2.45, 2.75) is 25.9 Å². The van der Waals surface area contributed by atoms with E-state index in [0.717, 1.165) is 0 Å². The highest BCUT2D eigenvalue weighted by Gasteiger charge is 2.11. The normalized spacial score (nSPS) is 14.6. The average Bonchev–Trinajstić information content (AvgIpc) is 2.83. The molecule has 0 saturated heterocycles. The van der Waals surface area contributed by atoms with Gasteiger partial charge in [-0.1, -0.05) is 30.3 Å². The SMILES string of the molecule is CC(N[C@@H](C)c1ccccc1)c1ccoc1. The minimum atomic E-state index is 0.300. The summed E-state index contributed by atoms with van der Waals surface area (Å²) in [7, 11) is 0. The summed E-state index contributed by atoms with van der Waals surface area (Å²) in [6.07, 6.45) is 3.50. The van der Waals surface area contributed by atoms with E-state index in [0.29, 0.717) is 12.1 Å². The van der Waals surface area contributed by atoms with Gasteiger partial charge in [-0.2, -0.15) is 0 Å². The van der Waals surface area contributed by atoms with Crippen molar-refractivity contribution in [3.63, 3.8) is 0 Å². The molecule has 1 aromatic carbocycles. The lowest BCUT2D eigenvalue weighted by Crippen LogP contribution is -2.21. The van der Waals surface area contributed by atoms with Crippen LogP contribution in [0.2, 0.25) is 0 Å². The first-order chi connectivity index (χ1) is 7.77. The van der Waals surface area contributed by atoms with Crippen molar-refractivity contribution >= 4 is 0 Å². The first-order valence-electron chi connectivity index (χ1n) is 5.60. The maximum Gasteiger partial charge on any atom is 0.0950 e. The van der Waals surface area contributed by atoms with Gasteiger partial charge in [0.05, 0.1) is 12.5 Å². The Labute approximate surface area is 96.3 Å². The summed E-state index contributed by atoms with van der Waals surface area (Å²) in [5, 5.41) is 3.54. The Morgan fingerprint density at radius 1 is 0.938 bits per heavy atom. The van der Waals surface area contributed by atoms with E-state index in [4.69, 9.17) is 4.42 Å². The van der Waals surface area contributed by atoms with Crippen LogP contribution in [-0.4, -0.2) is 0 Å². The van der Waals surface area contributed by atoms with E-state index in [1.807, 2.05) is 12.1 Å². The molecule has 0 fully saturated rings. The molecule has 0 amide bonds. The van der Waals surface area contributed by atoms with E-state index in [9.17, 15) is 0 Å². The van der Waals surface area contributed by atoms with Gasteiger partial charge in [0.25, 0.3) is 0 Å². The molecule has 0 bridgehead atoms. The average molecular weight is 215 g/mol. The number of hydrogen-bond donors (Lipinski definition) is 1. The van der Waals surface area contributed by atoms with Crippen LogP contribution in [0.25, 0.3) is 0 Å². The second kappa shape index (κ2) is 4.99. The Hall–Kier alpha value is -1.54. The lowest BCUT2D eigenvalue weighted by atomic mass is 10.1. The molecule has 0 saturated carbocycles. The number of furan rings is 1. The summed E-state index contributed by atoms with van der Waals surface area (Å²) < 4.78 is 5.08. The van der Waals surface area contributed by atoms with Crippen LogP contribution >= 0.6 is 0 Å². The highest BCUT2D eigenvalue weighted by molar-refractivity contribution is 5.19. The third kappa shape index (κ3) is 2.52. The molecule has 0 aliphatic heterocycles. The molecule has 16 heavy (non-hydrogen) atoms. The van der Waals surface area contributed by atoms with Crippen molar-refractivity contribution < 1.29 is 4.42 Å². The van der Waals surface area contributed by atoms with Crippen LogP contribution in [-0.2, 0) is 0 Å². The first-order valence-corrected chi connectivity index (χ1v) is 5.60. The van der Waals surface area contributed by atoms with Crippen LogP contribution in [0.1, 0.15) is 37.1 Å². The van der Waals surface area contributed by atoms with Crippen molar-refractivity contribution in [2.75, 3.05) is 0 Å². The van der Waals surface area contributed by atoms with Gasteiger partial charge >= 0.3 is 0 Å². The summed E-state index contributed by atoms with van der Waals surface area (Å²) in [6.45, 7) is 4.32. The molecule has 84 valence electrons. The van der Waals surface area contributed by atoms with Crippen molar-refractivity contribution in [1.82, 2.24) is 5.32 Å². The molecule has 2 aromatic rings. The van der Waals surface area contributed by atoms with Gasteiger partial charge in [0.1, 0.15) is 0 Å². The largest absolute Gasteiger partial charge is 0.472 e. The van der Waals surface area contributed by atoms with Gasteiger partial charge in [0, 0.05) is 17.6 Å². The second-order valence-electron chi connectivity index (χ2n) is 4.08. The molecule has 0 aliphatic carbocycles. The summed E-state index contributed by atoms with van der Waals surface area (Å²) >= 11 is 0. The number of rotatable bonds is 4. The summed E-state index contributed by atoms with van der Waals surface area (Å²) in [6, 6.07) is 13.1. The minimum absolute atomic E-state index is 0.300. The highest BCUT2D eigenvalue weighted by Crippen LogP contribution is 2.19. The molecule has 2 atom stereocenters. The lowest BCUT2D eigenvalue weighted by molar-refractivity contribution is 0.486. The minimum Gasteiger partial charge on any atom is -0.472 e. The van der Waals surface area contributed by atoms with Gasteiger partial charge in [-0.3, -0.25) is 0 Å². The molecule has 0 aliphatic rings. The van der Waals surface area contributed by atoms with Crippen molar-refractivity contribution in [3.05, 3.63) is 60.1 Å². The van der Waals surface area contributed by atoms with Crippen LogP contribution < -0.4 is 5.32 Å². The lowest BCUT2D eigenvalue weighted by Gasteiger charge is -2.19. The van der Waals surface area contributed by atoms with Crippen LogP contribution in [0.5, 0.6) is 0 Å². The Morgan fingerprint density at radius 3 is 2.25 bits per heavy atom. The Morgan fingerprint density at radius 2 is 1.62 bits per heavy atom. The van der Waals surface area contributed by atoms with Crippen molar-refractivity contribution in [1.29, 1.82) is 0 Å². The maximum atomic E-state index is 5.08. The smallest absolute Gasteiger partial charge is 0.0950 e. The Bertz CT molecular complexity index is 408. The van der Waals surface area contributed by atoms with Crippen LogP contribution in [0.3, 0.4) is 0 Å². The van der Waals surface area contributed by atoms with Gasteiger partial charge in [-0.25, -0.2) is 0 Å². The Balaban J connectivity index is 2.00. The van der Waals surface area contributed by atoms with Gasteiger partial charge in [-0.05, 0) is 25.5 Å². The monoisotopic (exact) mass is 215 g/mol. The fourth-order valence-corrected chi connectivity index (χ4v) is 1.83. The number of hydrogen-bond acceptors (Lipinski definition) is 2. The van der Waals surface area contributed by atoms with Crippen LogP contribution in [0.15, 0.2) is 53.3 Å². The van der Waals surface area contributed by atoms with Crippen LogP contribution in [0, 0.1) is 0 Å². The first kappa shape index (κ1) is 11.0. The van der Waals surface area contributed by atoms with Gasteiger partial charge in [0.15, 0.2) is 0 Å².